The van der Waals surface area contributed by atoms with E-state index in [4.69, 9.17) is 15.7 Å². The van der Waals surface area contributed by atoms with Crippen LogP contribution in [0, 0.1) is 27.3 Å². The van der Waals surface area contributed by atoms with Crippen molar-refractivity contribution in [2.45, 2.75) is 26.3 Å². The van der Waals surface area contributed by atoms with Gasteiger partial charge in [-0.05, 0) is 12.5 Å². The first-order chi connectivity index (χ1) is 9.56. The number of nitrogens with zero attached hydrogens (tertiary/aromatic N) is 2. The second-order valence-electron chi connectivity index (χ2n) is 3.57. The van der Waals surface area contributed by atoms with Gasteiger partial charge in [0.1, 0.15) is 12.4 Å². The number of hydrogen-bond donors (Lipinski definition) is 1. The van der Waals surface area contributed by atoms with Crippen LogP contribution in [0.2, 0.25) is 0 Å². The maximum atomic E-state index is 13.5. The van der Waals surface area contributed by atoms with E-state index in [9.17, 15) is 14.5 Å². The van der Waals surface area contributed by atoms with Crippen molar-refractivity contribution in [2.24, 2.45) is 5.73 Å². The van der Waals surface area contributed by atoms with E-state index in [0.29, 0.717) is 0 Å². The van der Waals surface area contributed by atoms with E-state index in [1.54, 1.807) is 6.07 Å². The monoisotopic (exact) mass is 283 g/mol. The highest BCUT2D eigenvalue weighted by molar-refractivity contribution is 5.36. The molecule has 7 heteroatoms. The number of halogens is 1. The molecule has 0 aliphatic carbocycles. The maximum absolute atomic E-state index is 13.5. The third-order valence-electron chi connectivity index (χ3n) is 2.33. The van der Waals surface area contributed by atoms with Crippen molar-refractivity contribution >= 4 is 5.69 Å². The van der Waals surface area contributed by atoms with Crippen LogP contribution in [0.15, 0.2) is 18.2 Å². The van der Waals surface area contributed by atoms with E-state index >= 15 is 0 Å². The normalized spacial score (nSPS) is 10.9. The lowest BCUT2D eigenvalue weighted by Gasteiger charge is -2.12. The molecular weight excluding hydrogens is 265 g/mol. The van der Waals surface area contributed by atoms with Crippen molar-refractivity contribution in [1.29, 1.82) is 5.26 Å². The summed E-state index contributed by atoms with van der Waals surface area (Å²) in [7, 11) is 0. The smallest absolute Gasteiger partial charge is 0.269 e. The highest BCUT2D eigenvalue weighted by Gasteiger charge is 2.16. The lowest BCUT2D eigenvalue weighted by molar-refractivity contribution is -0.385. The fraction of sp³-hybridized carbons (Fsp3) is 0.462. The number of hydrogen-bond acceptors (Lipinski definition) is 5. The molecule has 1 aromatic carbocycles. The summed E-state index contributed by atoms with van der Waals surface area (Å²) >= 11 is 0. The molecule has 1 rings (SSSR count). The Labute approximate surface area is 117 Å². The minimum Gasteiger partial charge on any atom is -0.366 e. The summed E-state index contributed by atoms with van der Waals surface area (Å²) in [5, 5.41) is 18.8. The highest BCUT2D eigenvalue weighted by atomic mass is 19.1. The van der Waals surface area contributed by atoms with E-state index < -0.39 is 16.8 Å². The van der Waals surface area contributed by atoms with Crippen LogP contribution < -0.4 is 5.73 Å². The number of nitro benzene ring substituents is 1. The van der Waals surface area contributed by atoms with Gasteiger partial charge in [-0.25, -0.2) is 4.39 Å². The minimum absolute atomic E-state index is 0.0653. The fourth-order valence-electron chi connectivity index (χ4n) is 1.41. The van der Waals surface area contributed by atoms with Crippen molar-refractivity contribution < 1.29 is 14.1 Å². The van der Waals surface area contributed by atoms with Gasteiger partial charge >= 0.3 is 0 Å². The summed E-state index contributed by atoms with van der Waals surface area (Å²) in [4.78, 5) is 9.96. The van der Waals surface area contributed by atoms with E-state index in [0.717, 1.165) is 18.2 Å². The summed E-state index contributed by atoms with van der Waals surface area (Å²) in [6.07, 6.45) is 0.278. The molecule has 0 saturated heterocycles. The Balaban J connectivity index is 0.00000172. The molecule has 0 saturated carbocycles. The fourth-order valence-corrected chi connectivity index (χ4v) is 1.41. The second-order valence-corrected chi connectivity index (χ2v) is 3.57. The Morgan fingerprint density at radius 2 is 2.20 bits per heavy atom. The molecule has 20 heavy (non-hydrogen) atoms. The van der Waals surface area contributed by atoms with Crippen LogP contribution >= 0.6 is 0 Å². The summed E-state index contributed by atoms with van der Waals surface area (Å²) in [5.41, 5.74) is 5.59. The van der Waals surface area contributed by atoms with Gasteiger partial charge in [-0.1, -0.05) is 13.8 Å². The SMILES string of the molecule is CC.N#CCOCCC(N)c1cc([N+](=O)[O-])ccc1F. The molecule has 0 aliphatic rings. The van der Waals surface area contributed by atoms with Crippen molar-refractivity contribution in [3.63, 3.8) is 0 Å². The van der Waals surface area contributed by atoms with E-state index in [2.05, 4.69) is 0 Å². The molecule has 1 aromatic rings. The van der Waals surface area contributed by atoms with Gasteiger partial charge in [0.2, 0.25) is 0 Å². The van der Waals surface area contributed by atoms with Gasteiger partial charge in [0.25, 0.3) is 5.69 Å². The molecule has 0 heterocycles. The van der Waals surface area contributed by atoms with Gasteiger partial charge in [0.15, 0.2) is 0 Å². The van der Waals surface area contributed by atoms with Crippen LogP contribution in [0.1, 0.15) is 31.9 Å². The molecule has 110 valence electrons. The predicted molar refractivity (Wildman–Crippen MR) is 72.4 cm³/mol. The second kappa shape index (κ2) is 9.83. The van der Waals surface area contributed by atoms with Crippen LogP contribution in [0.5, 0.6) is 0 Å². The summed E-state index contributed by atoms with van der Waals surface area (Å²) in [6.45, 7) is 4.13. The van der Waals surface area contributed by atoms with Gasteiger partial charge in [0, 0.05) is 30.3 Å². The largest absolute Gasteiger partial charge is 0.366 e. The van der Waals surface area contributed by atoms with Crippen LogP contribution in [0.4, 0.5) is 10.1 Å². The molecule has 0 bridgehead atoms. The molecule has 0 aromatic heterocycles. The zero-order valence-electron chi connectivity index (χ0n) is 11.5. The first-order valence-corrected chi connectivity index (χ1v) is 6.20. The Bertz CT molecular complexity index is 474. The van der Waals surface area contributed by atoms with E-state index in [1.165, 1.54) is 0 Å². The zero-order valence-corrected chi connectivity index (χ0v) is 11.5. The summed E-state index contributed by atoms with van der Waals surface area (Å²) in [6, 6.07) is 4.30. The average molecular weight is 283 g/mol. The van der Waals surface area contributed by atoms with Gasteiger partial charge in [0.05, 0.1) is 11.0 Å². The standard InChI is InChI=1S/C11H12FN3O3.C2H6/c12-10-2-1-8(15(16)17)7-9(10)11(14)3-5-18-6-4-13;1-2/h1-2,7,11H,3,5-6,14H2;1-2H3. The molecule has 0 amide bonds. The van der Waals surface area contributed by atoms with E-state index in [-0.39, 0.29) is 30.9 Å². The predicted octanol–water partition coefficient (Wildman–Crippen LogP) is 2.69. The lowest BCUT2D eigenvalue weighted by Crippen LogP contribution is -2.15. The minimum atomic E-state index is -0.705. The molecular formula is C13H18FN3O3. The number of ether oxygens (including phenoxy) is 1. The average Bonchev–Trinajstić information content (AvgIpc) is 2.45. The third-order valence-corrected chi connectivity index (χ3v) is 2.33. The lowest BCUT2D eigenvalue weighted by atomic mass is 10.0. The van der Waals surface area contributed by atoms with Crippen molar-refractivity contribution in [1.82, 2.24) is 0 Å². The molecule has 0 spiro atoms. The maximum Gasteiger partial charge on any atom is 0.269 e. The topological polar surface area (TPSA) is 102 Å². The van der Waals surface area contributed by atoms with Crippen LogP contribution in [0.25, 0.3) is 0 Å². The number of nitriles is 1. The Morgan fingerprint density at radius 1 is 1.55 bits per heavy atom. The van der Waals surface area contributed by atoms with Gasteiger partial charge in [-0.15, -0.1) is 0 Å². The molecule has 6 nitrogen and oxygen atoms in total. The van der Waals surface area contributed by atoms with Crippen LogP contribution in [-0.4, -0.2) is 18.1 Å². The Kier molecular flexibility index (Phi) is 8.83. The Hall–Kier alpha value is -2.04. The third kappa shape index (κ3) is 5.73. The first-order valence-electron chi connectivity index (χ1n) is 6.20. The molecule has 2 N–H and O–H groups in total. The quantitative estimate of drug-likeness (QED) is 0.491. The molecule has 0 aliphatic heterocycles. The van der Waals surface area contributed by atoms with Crippen molar-refractivity contribution in [2.75, 3.05) is 13.2 Å². The highest BCUT2D eigenvalue weighted by Crippen LogP contribution is 2.23. The number of non-ortho nitro benzene ring substituents is 1. The summed E-state index contributed by atoms with van der Waals surface area (Å²) < 4.78 is 18.4. The number of nitrogens with two attached hydrogens (primary N) is 1. The molecule has 1 unspecified atom stereocenters. The number of nitro groups is 1. The molecule has 1 atom stereocenters. The molecule has 0 radical (unpaired) electrons. The number of rotatable bonds is 6. The van der Waals surface area contributed by atoms with Crippen LogP contribution in [0.3, 0.4) is 0 Å². The first kappa shape index (κ1) is 18.0. The van der Waals surface area contributed by atoms with Crippen molar-refractivity contribution in [3.05, 3.63) is 39.7 Å². The Morgan fingerprint density at radius 3 is 2.75 bits per heavy atom. The van der Waals surface area contributed by atoms with Crippen LogP contribution in [-0.2, 0) is 4.74 Å². The van der Waals surface area contributed by atoms with Gasteiger partial charge in [-0.3, -0.25) is 10.1 Å². The van der Waals surface area contributed by atoms with Gasteiger partial charge in [-0.2, -0.15) is 5.26 Å². The number of benzene rings is 1. The summed E-state index contributed by atoms with van der Waals surface area (Å²) in [5.74, 6) is -0.589. The zero-order chi connectivity index (χ0) is 15.5. The van der Waals surface area contributed by atoms with Crippen molar-refractivity contribution in [3.8, 4) is 6.07 Å². The van der Waals surface area contributed by atoms with E-state index in [1.807, 2.05) is 13.8 Å². The van der Waals surface area contributed by atoms with Gasteiger partial charge < -0.3 is 10.5 Å². The molecule has 0 fully saturated rings.